The average Bonchev–Trinajstić information content (AvgIpc) is 2.84. The van der Waals surface area contributed by atoms with E-state index in [0.29, 0.717) is 18.0 Å². The molecule has 1 N–H and O–H groups in total. The molecule has 0 saturated carbocycles. The van der Waals surface area contributed by atoms with Crippen molar-refractivity contribution in [2.45, 2.75) is 59.2 Å². The Bertz CT molecular complexity index is 345. The van der Waals surface area contributed by atoms with Crippen LogP contribution in [0.25, 0.3) is 0 Å². The van der Waals surface area contributed by atoms with Crippen LogP contribution in [-0.4, -0.2) is 29.5 Å². The number of rotatable bonds is 9. The molecule has 0 aliphatic carbocycles. The van der Waals surface area contributed by atoms with E-state index in [1.54, 1.807) is 7.11 Å². The van der Waals surface area contributed by atoms with Crippen molar-refractivity contribution in [2.24, 2.45) is 5.92 Å². The zero-order chi connectivity index (χ0) is 14.3. The van der Waals surface area contributed by atoms with Gasteiger partial charge in [-0.15, -0.1) is 0 Å². The first-order chi connectivity index (χ1) is 9.12. The van der Waals surface area contributed by atoms with Crippen LogP contribution in [0.1, 0.15) is 52.3 Å². The SMILES string of the molecule is CCC(CC)n1ccc(CNC(COC)C(C)C)n1. The molecule has 1 aromatic heterocycles. The zero-order valence-corrected chi connectivity index (χ0v) is 13.0. The summed E-state index contributed by atoms with van der Waals surface area (Å²) in [7, 11) is 1.75. The Labute approximate surface area is 117 Å². The van der Waals surface area contributed by atoms with Gasteiger partial charge in [-0.05, 0) is 24.8 Å². The van der Waals surface area contributed by atoms with Crippen LogP contribution in [0.2, 0.25) is 0 Å². The fourth-order valence-corrected chi connectivity index (χ4v) is 2.24. The number of aromatic nitrogens is 2. The molecular weight excluding hydrogens is 238 g/mol. The van der Waals surface area contributed by atoms with Gasteiger partial charge in [-0.2, -0.15) is 5.10 Å². The maximum absolute atomic E-state index is 5.24. The minimum atomic E-state index is 0.378. The van der Waals surface area contributed by atoms with Crippen LogP contribution in [-0.2, 0) is 11.3 Å². The monoisotopic (exact) mass is 267 g/mol. The molecule has 0 saturated heterocycles. The van der Waals surface area contributed by atoms with Crippen LogP contribution in [0.5, 0.6) is 0 Å². The maximum atomic E-state index is 5.24. The van der Waals surface area contributed by atoms with Crippen molar-refractivity contribution < 1.29 is 4.74 Å². The molecular formula is C15H29N3O. The van der Waals surface area contributed by atoms with Gasteiger partial charge < -0.3 is 10.1 Å². The summed E-state index contributed by atoms with van der Waals surface area (Å²) in [5.74, 6) is 0.557. The van der Waals surface area contributed by atoms with Gasteiger partial charge in [0.05, 0.1) is 18.3 Å². The predicted molar refractivity (Wildman–Crippen MR) is 79.2 cm³/mol. The Morgan fingerprint density at radius 1 is 1.32 bits per heavy atom. The minimum absolute atomic E-state index is 0.378. The fraction of sp³-hybridized carbons (Fsp3) is 0.800. The summed E-state index contributed by atoms with van der Waals surface area (Å²) in [6.45, 7) is 10.4. The zero-order valence-electron chi connectivity index (χ0n) is 13.0. The molecule has 0 aliphatic rings. The summed E-state index contributed by atoms with van der Waals surface area (Å²) in [6, 6.07) is 3.01. The number of nitrogens with one attached hydrogen (secondary N) is 1. The van der Waals surface area contributed by atoms with E-state index in [4.69, 9.17) is 4.74 Å². The highest BCUT2D eigenvalue weighted by molar-refractivity contribution is 5.00. The lowest BCUT2D eigenvalue weighted by molar-refractivity contribution is 0.146. The van der Waals surface area contributed by atoms with Gasteiger partial charge in [0.1, 0.15) is 0 Å². The molecule has 0 radical (unpaired) electrons. The van der Waals surface area contributed by atoms with E-state index in [1.807, 2.05) is 0 Å². The van der Waals surface area contributed by atoms with Crippen LogP contribution in [0.3, 0.4) is 0 Å². The van der Waals surface area contributed by atoms with Gasteiger partial charge in [-0.25, -0.2) is 0 Å². The maximum Gasteiger partial charge on any atom is 0.0762 e. The summed E-state index contributed by atoms with van der Waals surface area (Å²) >= 11 is 0. The van der Waals surface area contributed by atoms with Gasteiger partial charge >= 0.3 is 0 Å². The normalized spacial score (nSPS) is 13.4. The van der Waals surface area contributed by atoms with E-state index in [9.17, 15) is 0 Å². The van der Waals surface area contributed by atoms with Crippen molar-refractivity contribution in [3.8, 4) is 0 Å². The van der Waals surface area contributed by atoms with Crippen LogP contribution < -0.4 is 5.32 Å². The molecule has 0 fully saturated rings. The summed E-state index contributed by atoms with van der Waals surface area (Å²) in [6.07, 6.45) is 4.35. The highest BCUT2D eigenvalue weighted by Gasteiger charge is 2.13. The van der Waals surface area contributed by atoms with E-state index >= 15 is 0 Å². The lowest BCUT2D eigenvalue weighted by Crippen LogP contribution is -2.37. The van der Waals surface area contributed by atoms with E-state index in [2.05, 4.69) is 55.1 Å². The van der Waals surface area contributed by atoms with Crippen molar-refractivity contribution >= 4 is 0 Å². The molecule has 1 aromatic rings. The summed E-state index contributed by atoms with van der Waals surface area (Å²) in [4.78, 5) is 0. The van der Waals surface area contributed by atoms with Crippen LogP contribution in [0, 0.1) is 5.92 Å². The Balaban J connectivity index is 2.53. The molecule has 1 atom stereocenters. The molecule has 19 heavy (non-hydrogen) atoms. The second-order valence-corrected chi connectivity index (χ2v) is 5.44. The quantitative estimate of drug-likeness (QED) is 0.747. The second-order valence-electron chi connectivity index (χ2n) is 5.44. The lowest BCUT2D eigenvalue weighted by atomic mass is 10.1. The molecule has 0 aromatic carbocycles. The molecule has 1 heterocycles. The average molecular weight is 267 g/mol. The smallest absolute Gasteiger partial charge is 0.0762 e. The summed E-state index contributed by atoms with van der Waals surface area (Å²) in [5.41, 5.74) is 1.11. The molecule has 1 unspecified atom stereocenters. The Morgan fingerprint density at radius 3 is 2.53 bits per heavy atom. The van der Waals surface area contributed by atoms with Gasteiger partial charge in [0.15, 0.2) is 0 Å². The Morgan fingerprint density at radius 2 is 2.00 bits per heavy atom. The van der Waals surface area contributed by atoms with Crippen molar-refractivity contribution in [3.05, 3.63) is 18.0 Å². The molecule has 1 rings (SSSR count). The fourth-order valence-electron chi connectivity index (χ4n) is 2.24. The molecule has 4 heteroatoms. The van der Waals surface area contributed by atoms with Gasteiger partial charge in [0, 0.05) is 25.9 Å². The minimum Gasteiger partial charge on any atom is -0.383 e. The molecule has 110 valence electrons. The third-order valence-electron chi connectivity index (χ3n) is 3.68. The van der Waals surface area contributed by atoms with E-state index in [1.165, 1.54) is 0 Å². The number of methoxy groups -OCH3 is 1. The topological polar surface area (TPSA) is 39.1 Å². The summed E-state index contributed by atoms with van der Waals surface area (Å²) in [5, 5.41) is 8.18. The van der Waals surface area contributed by atoms with Crippen molar-refractivity contribution in [2.75, 3.05) is 13.7 Å². The standard InChI is InChI=1S/C15H29N3O/c1-6-14(7-2)18-9-8-13(17-18)10-16-15(11-19-5)12(3)4/h8-9,12,14-16H,6-7,10-11H2,1-5H3. The molecule has 0 spiro atoms. The van der Waals surface area contributed by atoms with E-state index in [0.717, 1.165) is 31.7 Å². The number of hydrogen-bond acceptors (Lipinski definition) is 3. The lowest BCUT2D eigenvalue weighted by Gasteiger charge is -2.21. The van der Waals surface area contributed by atoms with Gasteiger partial charge in [0.2, 0.25) is 0 Å². The highest BCUT2D eigenvalue weighted by atomic mass is 16.5. The van der Waals surface area contributed by atoms with Gasteiger partial charge in [-0.3, -0.25) is 4.68 Å². The largest absolute Gasteiger partial charge is 0.383 e. The van der Waals surface area contributed by atoms with Crippen molar-refractivity contribution in [3.63, 3.8) is 0 Å². The van der Waals surface area contributed by atoms with Crippen LogP contribution in [0.4, 0.5) is 0 Å². The number of hydrogen-bond donors (Lipinski definition) is 1. The summed E-state index contributed by atoms with van der Waals surface area (Å²) < 4.78 is 7.34. The first-order valence-corrected chi connectivity index (χ1v) is 7.38. The highest BCUT2D eigenvalue weighted by Crippen LogP contribution is 2.14. The molecule has 0 aliphatic heterocycles. The Kier molecular flexibility index (Phi) is 7.10. The molecule has 0 bridgehead atoms. The number of nitrogens with zero attached hydrogens (tertiary/aromatic N) is 2. The van der Waals surface area contributed by atoms with Gasteiger partial charge in [-0.1, -0.05) is 27.7 Å². The first-order valence-electron chi connectivity index (χ1n) is 7.38. The number of ether oxygens (including phenoxy) is 1. The predicted octanol–water partition coefficient (Wildman–Crippen LogP) is 3.00. The van der Waals surface area contributed by atoms with E-state index in [-0.39, 0.29) is 0 Å². The van der Waals surface area contributed by atoms with Crippen molar-refractivity contribution in [1.29, 1.82) is 0 Å². The molecule has 0 amide bonds. The van der Waals surface area contributed by atoms with E-state index < -0.39 is 0 Å². The third-order valence-corrected chi connectivity index (χ3v) is 3.68. The van der Waals surface area contributed by atoms with Crippen LogP contribution >= 0.6 is 0 Å². The Hall–Kier alpha value is -0.870. The third kappa shape index (κ3) is 4.96. The van der Waals surface area contributed by atoms with Gasteiger partial charge in [0.25, 0.3) is 0 Å². The first kappa shape index (κ1) is 16.2. The molecule has 4 nitrogen and oxygen atoms in total. The van der Waals surface area contributed by atoms with Crippen molar-refractivity contribution in [1.82, 2.24) is 15.1 Å². The second kappa shape index (κ2) is 8.33. The van der Waals surface area contributed by atoms with Crippen LogP contribution in [0.15, 0.2) is 12.3 Å².